The molecule has 4 nitrogen and oxygen atoms in total. The first-order valence-corrected chi connectivity index (χ1v) is 12.0. The van der Waals surface area contributed by atoms with Gasteiger partial charge in [-0.25, -0.2) is 0 Å². The van der Waals surface area contributed by atoms with E-state index in [-0.39, 0.29) is 0 Å². The zero-order chi connectivity index (χ0) is 23.9. The van der Waals surface area contributed by atoms with E-state index < -0.39 is 0 Å². The van der Waals surface area contributed by atoms with E-state index in [2.05, 4.69) is 48.5 Å². The molecule has 0 aliphatic heterocycles. The predicted molar refractivity (Wildman–Crippen MR) is 147 cm³/mol. The Morgan fingerprint density at radius 2 is 0.735 bits per heavy atom. The molecule has 0 radical (unpaired) electrons. The van der Waals surface area contributed by atoms with Gasteiger partial charge < -0.3 is 22.9 Å². The van der Waals surface area contributed by atoms with Gasteiger partial charge in [0.1, 0.15) is 0 Å². The van der Waals surface area contributed by atoms with Crippen LogP contribution in [-0.4, -0.2) is 0 Å². The van der Waals surface area contributed by atoms with Crippen molar-refractivity contribution in [2.45, 2.75) is 38.5 Å². The number of hydrogen-bond donors (Lipinski definition) is 4. The number of aryl methyl sites for hydroxylation is 2. The lowest BCUT2D eigenvalue weighted by Crippen LogP contribution is -1.96. The van der Waals surface area contributed by atoms with Crippen LogP contribution in [0.1, 0.15) is 36.8 Å². The largest absolute Gasteiger partial charge is 0.399 e. The van der Waals surface area contributed by atoms with Crippen molar-refractivity contribution in [2.75, 3.05) is 22.9 Å². The Morgan fingerprint density at radius 3 is 1.12 bits per heavy atom. The van der Waals surface area contributed by atoms with Crippen LogP contribution in [0.5, 0.6) is 0 Å². The van der Waals surface area contributed by atoms with Crippen LogP contribution in [0.2, 0.25) is 0 Å². The quantitative estimate of drug-likeness (QED) is 0.168. The van der Waals surface area contributed by atoms with Crippen LogP contribution >= 0.6 is 0 Å². The van der Waals surface area contributed by atoms with E-state index in [9.17, 15) is 0 Å². The fourth-order valence-electron chi connectivity index (χ4n) is 4.51. The van der Waals surface area contributed by atoms with Crippen molar-refractivity contribution >= 4 is 22.7 Å². The minimum Gasteiger partial charge on any atom is -0.399 e. The Morgan fingerprint density at radius 1 is 0.382 bits per heavy atom. The van der Waals surface area contributed by atoms with Gasteiger partial charge in [0, 0.05) is 22.7 Å². The molecule has 0 atom stereocenters. The smallest absolute Gasteiger partial charge is 0.0317 e. The fourth-order valence-corrected chi connectivity index (χ4v) is 4.51. The van der Waals surface area contributed by atoms with E-state index in [1.807, 2.05) is 36.4 Å². The summed E-state index contributed by atoms with van der Waals surface area (Å²) in [5.41, 5.74) is 34.5. The highest BCUT2D eigenvalue weighted by atomic mass is 14.6. The lowest BCUT2D eigenvalue weighted by atomic mass is 9.93. The summed E-state index contributed by atoms with van der Waals surface area (Å²) in [7, 11) is 0. The van der Waals surface area contributed by atoms with Crippen LogP contribution in [0, 0.1) is 0 Å². The van der Waals surface area contributed by atoms with Gasteiger partial charge in [0.2, 0.25) is 0 Å². The van der Waals surface area contributed by atoms with E-state index in [1.54, 1.807) is 0 Å². The van der Waals surface area contributed by atoms with Crippen LogP contribution in [0.4, 0.5) is 22.7 Å². The summed E-state index contributed by atoms with van der Waals surface area (Å²) >= 11 is 0. The SMILES string of the molecule is Nc1ccc(-c2ccc(N)cc2CCCCCCc2cc(N)ccc2-c2ccc(N)cc2)cc1. The first-order valence-electron chi connectivity index (χ1n) is 12.0. The molecule has 0 bridgehead atoms. The summed E-state index contributed by atoms with van der Waals surface area (Å²) in [6.07, 6.45) is 6.64. The predicted octanol–water partition coefficient (Wildman–Crippen LogP) is 6.70. The number of anilines is 4. The summed E-state index contributed by atoms with van der Waals surface area (Å²) in [5.74, 6) is 0. The summed E-state index contributed by atoms with van der Waals surface area (Å²) in [6, 6.07) is 28.5. The maximum absolute atomic E-state index is 6.09. The zero-order valence-electron chi connectivity index (χ0n) is 19.6. The highest BCUT2D eigenvalue weighted by Crippen LogP contribution is 2.29. The molecule has 0 unspecified atom stereocenters. The third-order valence-corrected chi connectivity index (χ3v) is 6.34. The topological polar surface area (TPSA) is 104 Å². The average molecular weight is 451 g/mol. The lowest BCUT2D eigenvalue weighted by molar-refractivity contribution is 0.641. The fraction of sp³-hybridized carbons (Fsp3) is 0.200. The van der Waals surface area contributed by atoms with Gasteiger partial charge in [-0.15, -0.1) is 0 Å². The van der Waals surface area contributed by atoms with Crippen molar-refractivity contribution in [3.05, 3.63) is 96.1 Å². The Labute approximate surface area is 202 Å². The van der Waals surface area contributed by atoms with Crippen LogP contribution in [-0.2, 0) is 12.8 Å². The molecule has 34 heavy (non-hydrogen) atoms. The molecule has 0 amide bonds. The number of hydrogen-bond acceptors (Lipinski definition) is 4. The molecule has 4 rings (SSSR count). The molecule has 0 aliphatic rings. The standard InChI is InChI=1S/C30H34N4/c31-25-11-7-21(8-12-25)29-17-15-27(33)19-23(29)5-3-1-2-4-6-24-20-28(34)16-18-30(24)22-9-13-26(32)14-10-22/h7-20H,1-6,31-34H2. The van der Waals surface area contributed by atoms with E-state index in [4.69, 9.17) is 22.9 Å². The third-order valence-electron chi connectivity index (χ3n) is 6.34. The van der Waals surface area contributed by atoms with E-state index in [0.29, 0.717) is 0 Å². The highest BCUT2D eigenvalue weighted by Gasteiger charge is 2.08. The van der Waals surface area contributed by atoms with Crippen molar-refractivity contribution in [1.29, 1.82) is 0 Å². The first-order chi connectivity index (χ1) is 16.5. The van der Waals surface area contributed by atoms with Gasteiger partial charge in [0.25, 0.3) is 0 Å². The zero-order valence-corrected chi connectivity index (χ0v) is 19.6. The van der Waals surface area contributed by atoms with Gasteiger partial charge >= 0.3 is 0 Å². The number of nitrogen functional groups attached to an aromatic ring is 4. The normalized spacial score (nSPS) is 10.9. The van der Waals surface area contributed by atoms with Crippen molar-refractivity contribution < 1.29 is 0 Å². The molecular weight excluding hydrogens is 416 g/mol. The van der Waals surface area contributed by atoms with Crippen molar-refractivity contribution in [2.24, 2.45) is 0 Å². The van der Waals surface area contributed by atoms with Gasteiger partial charge in [-0.05, 0) is 108 Å². The Bertz CT molecular complexity index is 1130. The average Bonchev–Trinajstić information content (AvgIpc) is 2.83. The maximum atomic E-state index is 6.09. The number of rotatable bonds is 9. The monoisotopic (exact) mass is 450 g/mol. The second kappa shape index (κ2) is 10.8. The number of benzene rings is 4. The second-order valence-electron chi connectivity index (χ2n) is 8.99. The van der Waals surface area contributed by atoms with Gasteiger partial charge in [0.15, 0.2) is 0 Å². The van der Waals surface area contributed by atoms with Crippen LogP contribution in [0.3, 0.4) is 0 Å². The molecule has 0 heterocycles. The molecule has 174 valence electrons. The van der Waals surface area contributed by atoms with E-state index >= 15 is 0 Å². The summed E-state index contributed by atoms with van der Waals surface area (Å²) in [5, 5.41) is 0. The molecule has 0 saturated carbocycles. The molecular formula is C30H34N4. The molecule has 4 heteroatoms. The second-order valence-corrected chi connectivity index (χ2v) is 8.99. The molecule has 0 saturated heterocycles. The minimum atomic E-state index is 0.778. The number of nitrogens with two attached hydrogens (primary N) is 4. The highest BCUT2D eigenvalue weighted by molar-refractivity contribution is 5.72. The maximum Gasteiger partial charge on any atom is 0.0317 e. The van der Waals surface area contributed by atoms with Gasteiger partial charge in [-0.2, -0.15) is 0 Å². The van der Waals surface area contributed by atoms with Crippen molar-refractivity contribution in [3.8, 4) is 22.3 Å². The van der Waals surface area contributed by atoms with Crippen molar-refractivity contribution in [3.63, 3.8) is 0 Å². The van der Waals surface area contributed by atoms with Crippen LogP contribution < -0.4 is 22.9 Å². The molecule has 4 aromatic carbocycles. The Kier molecular flexibility index (Phi) is 7.38. The third kappa shape index (κ3) is 5.90. The van der Waals surface area contributed by atoms with Gasteiger partial charge in [0.05, 0.1) is 0 Å². The molecule has 0 aromatic heterocycles. The van der Waals surface area contributed by atoms with Gasteiger partial charge in [-0.1, -0.05) is 49.2 Å². The summed E-state index contributed by atoms with van der Waals surface area (Å²) in [4.78, 5) is 0. The Balaban J connectivity index is 1.33. The summed E-state index contributed by atoms with van der Waals surface area (Å²) in [6.45, 7) is 0. The summed E-state index contributed by atoms with van der Waals surface area (Å²) < 4.78 is 0. The van der Waals surface area contributed by atoms with E-state index in [0.717, 1.165) is 48.4 Å². The van der Waals surface area contributed by atoms with Crippen molar-refractivity contribution in [1.82, 2.24) is 0 Å². The minimum absolute atomic E-state index is 0.778. The van der Waals surface area contributed by atoms with Crippen LogP contribution in [0.15, 0.2) is 84.9 Å². The molecule has 0 spiro atoms. The molecule has 0 fully saturated rings. The Hall–Kier alpha value is -3.92. The van der Waals surface area contributed by atoms with Crippen LogP contribution in [0.25, 0.3) is 22.3 Å². The number of unbranched alkanes of at least 4 members (excludes halogenated alkanes) is 3. The lowest BCUT2D eigenvalue weighted by Gasteiger charge is -2.13. The molecule has 4 aromatic rings. The molecule has 8 N–H and O–H groups in total. The van der Waals surface area contributed by atoms with E-state index in [1.165, 1.54) is 46.2 Å². The molecule has 0 aliphatic carbocycles. The first kappa shape index (κ1) is 23.2. The van der Waals surface area contributed by atoms with Gasteiger partial charge in [-0.3, -0.25) is 0 Å².